The van der Waals surface area contributed by atoms with Gasteiger partial charge in [-0.1, -0.05) is 18.2 Å². The van der Waals surface area contributed by atoms with Gasteiger partial charge in [0.1, 0.15) is 5.75 Å². The third-order valence-corrected chi connectivity index (χ3v) is 5.39. The van der Waals surface area contributed by atoms with Gasteiger partial charge in [0.2, 0.25) is 5.91 Å². The minimum atomic E-state index is 0.148. The molecule has 3 rings (SSSR count). The molecule has 0 aliphatic carbocycles. The summed E-state index contributed by atoms with van der Waals surface area (Å²) in [5, 5.41) is 3.06. The average Bonchev–Trinajstić information content (AvgIpc) is 3.16. The molecule has 25 heavy (non-hydrogen) atoms. The van der Waals surface area contributed by atoms with E-state index in [1.54, 1.807) is 7.11 Å². The van der Waals surface area contributed by atoms with Gasteiger partial charge in [0.15, 0.2) is 0 Å². The quantitative estimate of drug-likeness (QED) is 0.821. The van der Waals surface area contributed by atoms with Gasteiger partial charge in [-0.2, -0.15) is 0 Å². The molecule has 2 aliphatic heterocycles. The number of carbonyl (C=O) groups is 1. The number of rotatable bonds is 7. The fourth-order valence-corrected chi connectivity index (χ4v) is 3.79. The lowest BCUT2D eigenvalue weighted by atomic mass is 9.90. The van der Waals surface area contributed by atoms with Gasteiger partial charge in [-0.15, -0.1) is 0 Å². The number of hydrogen-bond donors (Lipinski definition) is 1. The topological polar surface area (TPSA) is 50.8 Å². The number of nitrogens with zero attached hydrogens (tertiary/aromatic N) is 1. The van der Waals surface area contributed by atoms with Crippen LogP contribution in [0.1, 0.15) is 24.8 Å². The Morgan fingerprint density at radius 3 is 2.76 bits per heavy atom. The van der Waals surface area contributed by atoms with Crippen molar-refractivity contribution in [1.29, 1.82) is 0 Å². The number of hydrogen-bond acceptors (Lipinski definition) is 4. The van der Waals surface area contributed by atoms with Crippen LogP contribution >= 0.6 is 0 Å². The zero-order chi connectivity index (χ0) is 17.5. The van der Waals surface area contributed by atoms with E-state index >= 15 is 0 Å². The van der Waals surface area contributed by atoms with Gasteiger partial charge in [0, 0.05) is 19.1 Å². The molecule has 5 nitrogen and oxygen atoms in total. The first kappa shape index (κ1) is 18.2. The molecule has 1 aromatic carbocycles. The molecule has 2 saturated heterocycles. The summed E-state index contributed by atoms with van der Waals surface area (Å²) in [5.41, 5.74) is 1.29. The van der Waals surface area contributed by atoms with Crippen molar-refractivity contribution in [2.75, 3.05) is 46.5 Å². The third kappa shape index (κ3) is 5.44. The van der Waals surface area contributed by atoms with Crippen molar-refractivity contribution in [2.24, 2.45) is 11.8 Å². The SMILES string of the molecule is COc1ccccc1CC1CCN(CC(=O)NC[C@H]2CCOC2)CC1. The number of ether oxygens (including phenoxy) is 2. The summed E-state index contributed by atoms with van der Waals surface area (Å²) in [6.45, 7) is 4.90. The predicted molar refractivity (Wildman–Crippen MR) is 97.8 cm³/mol. The monoisotopic (exact) mass is 346 g/mol. The number of carbonyl (C=O) groups excluding carboxylic acids is 1. The highest BCUT2D eigenvalue weighted by Crippen LogP contribution is 2.26. The first-order chi connectivity index (χ1) is 12.2. The Labute approximate surface area is 150 Å². The van der Waals surface area contributed by atoms with Gasteiger partial charge in [-0.25, -0.2) is 0 Å². The molecule has 0 unspecified atom stereocenters. The van der Waals surface area contributed by atoms with Crippen LogP contribution in [0.15, 0.2) is 24.3 Å². The number of piperidine rings is 1. The van der Waals surface area contributed by atoms with E-state index in [9.17, 15) is 4.79 Å². The smallest absolute Gasteiger partial charge is 0.234 e. The minimum Gasteiger partial charge on any atom is -0.496 e. The van der Waals surface area contributed by atoms with Crippen molar-refractivity contribution in [3.63, 3.8) is 0 Å². The number of nitrogens with one attached hydrogen (secondary N) is 1. The van der Waals surface area contributed by atoms with E-state index in [-0.39, 0.29) is 5.91 Å². The van der Waals surface area contributed by atoms with Crippen LogP contribution in [0.2, 0.25) is 0 Å². The molecule has 138 valence electrons. The summed E-state index contributed by atoms with van der Waals surface area (Å²) in [6, 6.07) is 8.28. The highest BCUT2D eigenvalue weighted by atomic mass is 16.5. The standard InChI is InChI=1S/C20H30N2O3/c1-24-19-5-3-2-4-18(19)12-16-6-9-22(10-7-16)14-20(23)21-13-17-8-11-25-15-17/h2-5,16-17H,6-15H2,1H3,(H,21,23)/t17-/m1/s1. The van der Waals surface area contributed by atoms with E-state index in [4.69, 9.17) is 9.47 Å². The first-order valence-electron chi connectivity index (χ1n) is 9.43. The van der Waals surface area contributed by atoms with E-state index < -0.39 is 0 Å². The number of likely N-dealkylation sites (tertiary alicyclic amines) is 1. The van der Waals surface area contributed by atoms with Crippen molar-refractivity contribution in [3.05, 3.63) is 29.8 Å². The molecule has 0 aromatic heterocycles. The lowest BCUT2D eigenvalue weighted by Crippen LogP contribution is -2.42. The van der Waals surface area contributed by atoms with Crippen molar-refractivity contribution in [1.82, 2.24) is 10.2 Å². The molecule has 1 atom stereocenters. The number of methoxy groups -OCH3 is 1. The van der Waals surface area contributed by atoms with Crippen molar-refractivity contribution >= 4 is 5.91 Å². The maximum atomic E-state index is 12.1. The molecule has 0 radical (unpaired) electrons. The van der Waals surface area contributed by atoms with Crippen molar-refractivity contribution in [2.45, 2.75) is 25.7 Å². The Hall–Kier alpha value is -1.59. The Kier molecular flexibility index (Phi) is 6.70. The van der Waals surface area contributed by atoms with Crippen LogP contribution in [-0.2, 0) is 16.0 Å². The molecule has 0 saturated carbocycles. The molecular weight excluding hydrogens is 316 g/mol. The number of benzene rings is 1. The normalized spacial score (nSPS) is 22.0. The van der Waals surface area contributed by atoms with E-state index in [0.717, 1.165) is 64.3 Å². The summed E-state index contributed by atoms with van der Waals surface area (Å²) in [7, 11) is 1.73. The zero-order valence-electron chi connectivity index (χ0n) is 15.2. The van der Waals surface area contributed by atoms with E-state index in [0.29, 0.717) is 18.4 Å². The molecule has 5 heteroatoms. The fourth-order valence-electron chi connectivity index (χ4n) is 3.79. The molecular formula is C20H30N2O3. The van der Waals surface area contributed by atoms with Gasteiger partial charge < -0.3 is 14.8 Å². The van der Waals surface area contributed by atoms with Gasteiger partial charge in [0.25, 0.3) is 0 Å². The minimum absolute atomic E-state index is 0.148. The largest absolute Gasteiger partial charge is 0.496 e. The Morgan fingerprint density at radius 1 is 1.24 bits per heavy atom. The first-order valence-corrected chi connectivity index (χ1v) is 9.43. The molecule has 0 spiro atoms. The number of amides is 1. The zero-order valence-corrected chi connectivity index (χ0v) is 15.2. The van der Waals surface area contributed by atoms with Crippen LogP contribution in [0, 0.1) is 11.8 Å². The Bertz CT molecular complexity index is 550. The predicted octanol–water partition coefficient (Wildman–Crippen LogP) is 2.10. The van der Waals surface area contributed by atoms with E-state index in [2.05, 4.69) is 22.3 Å². The van der Waals surface area contributed by atoms with Crippen LogP contribution in [0.25, 0.3) is 0 Å². The average molecular weight is 346 g/mol. The second kappa shape index (κ2) is 9.20. The second-order valence-electron chi connectivity index (χ2n) is 7.27. The second-order valence-corrected chi connectivity index (χ2v) is 7.27. The number of para-hydroxylation sites is 1. The van der Waals surface area contributed by atoms with E-state index in [1.807, 2.05) is 12.1 Å². The van der Waals surface area contributed by atoms with Crippen molar-refractivity contribution < 1.29 is 14.3 Å². The van der Waals surface area contributed by atoms with Crippen LogP contribution in [0.5, 0.6) is 5.75 Å². The highest BCUT2D eigenvalue weighted by molar-refractivity contribution is 5.78. The van der Waals surface area contributed by atoms with Crippen LogP contribution in [-0.4, -0.2) is 57.3 Å². The van der Waals surface area contributed by atoms with Crippen LogP contribution < -0.4 is 10.1 Å². The van der Waals surface area contributed by atoms with E-state index in [1.165, 1.54) is 5.56 Å². The molecule has 1 amide bonds. The summed E-state index contributed by atoms with van der Waals surface area (Å²) in [6.07, 6.45) is 4.41. The molecule has 1 aromatic rings. The summed E-state index contributed by atoms with van der Waals surface area (Å²) < 4.78 is 10.8. The molecule has 2 heterocycles. The summed E-state index contributed by atoms with van der Waals surface area (Å²) in [5.74, 6) is 2.30. The molecule has 2 aliphatic rings. The summed E-state index contributed by atoms with van der Waals surface area (Å²) in [4.78, 5) is 14.4. The van der Waals surface area contributed by atoms with Gasteiger partial charge >= 0.3 is 0 Å². The fraction of sp³-hybridized carbons (Fsp3) is 0.650. The Balaban J connectivity index is 1.37. The van der Waals surface area contributed by atoms with Gasteiger partial charge in [-0.3, -0.25) is 9.69 Å². The Morgan fingerprint density at radius 2 is 2.04 bits per heavy atom. The van der Waals surface area contributed by atoms with Crippen molar-refractivity contribution in [3.8, 4) is 5.75 Å². The summed E-state index contributed by atoms with van der Waals surface area (Å²) >= 11 is 0. The van der Waals surface area contributed by atoms with Gasteiger partial charge in [0.05, 0.1) is 20.3 Å². The third-order valence-electron chi connectivity index (χ3n) is 5.39. The van der Waals surface area contributed by atoms with Gasteiger partial charge in [-0.05, 0) is 56.3 Å². The maximum Gasteiger partial charge on any atom is 0.234 e. The molecule has 2 fully saturated rings. The van der Waals surface area contributed by atoms with Crippen LogP contribution in [0.4, 0.5) is 0 Å². The molecule has 0 bridgehead atoms. The maximum absolute atomic E-state index is 12.1. The van der Waals surface area contributed by atoms with Crippen LogP contribution in [0.3, 0.4) is 0 Å². The molecule has 1 N–H and O–H groups in total. The highest BCUT2D eigenvalue weighted by Gasteiger charge is 2.22. The lowest BCUT2D eigenvalue weighted by molar-refractivity contribution is -0.122. The lowest BCUT2D eigenvalue weighted by Gasteiger charge is -2.31.